The average Bonchev–Trinajstić information content (AvgIpc) is 2.64. The Morgan fingerprint density at radius 2 is 0.963 bits per heavy atom. The van der Waals surface area contributed by atoms with Gasteiger partial charge in [-0.25, -0.2) is 0 Å². The molecule has 0 heterocycles. The molecular weight excluding hydrogens is 359 g/mol. The van der Waals surface area contributed by atoms with Crippen LogP contribution in [0.2, 0.25) is 0 Å². The molecule has 0 aliphatic carbocycles. The van der Waals surface area contributed by atoms with Gasteiger partial charge in [0.2, 0.25) is 0 Å². The Bertz CT molecular complexity index is 273. The van der Waals surface area contributed by atoms with Crippen LogP contribution in [-0.4, -0.2) is 63.1 Å². The summed E-state index contributed by atoms with van der Waals surface area (Å²) in [7, 11) is 0. The van der Waals surface area contributed by atoms with Crippen LogP contribution >= 0.6 is 0 Å². The fourth-order valence-corrected chi connectivity index (χ4v) is 2.71. The predicted molar refractivity (Wildman–Crippen MR) is 117 cm³/mol. The minimum Gasteiger partial charge on any atom is -0.481 e. The van der Waals surface area contributed by atoms with Gasteiger partial charge in [0.05, 0.1) is 13.2 Å². The fourth-order valence-electron chi connectivity index (χ4n) is 2.71. The normalized spacial score (nSPS) is 10.3. The number of carbonyl (C=O) groups is 1. The molecule has 5 nitrogen and oxygen atoms in total. The first-order valence-electron chi connectivity index (χ1n) is 10.7. The second-order valence-corrected chi connectivity index (χ2v) is 7.11. The summed E-state index contributed by atoms with van der Waals surface area (Å²) in [4.78, 5) is 10.3. The molecule has 27 heavy (non-hydrogen) atoms. The first-order valence-corrected chi connectivity index (χ1v) is 10.7. The van der Waals surface area contributed by atoms with Crippen molar-refractivity contribution in [2.75, 3.05) is 13.2 Å². The maximum absolute atomic E-state index is 10.3. The Kier molecular flexibility index (Phi) is 32.9. The van der Waals surface area contributed by atoms with Crippen molar-refractivity contribution in [2.45, 2.75) is 116 Å². The van der Waals surface area contributed by atoms with E-state index >= 15 is 0 Å². The van der Waals surface area contributed by atoms with E-state index in [-0.39, 0.29) is 30.6 Å². The summed E-state index contributed by atoms with van der Waals surface area (Å²) in [5.41, 5.74) is 0. The number of aliphatic hydroxyl groups excluding tert-OH is 3. The van der Waals surface area contributed by atoms with E-state index in [1.54, 1.807) is 0 Å². The maximum atomic E-state index is 10.3. The Hall–Kier alpha value is -0.118. The van der Waals surface area contributed by atoms with Crippen molar-refractivity contribution in [3.8, 4) is 0 Å². The van der Waals surface area contributed by atoms with Gasteiger partial charge in [-0.3, -0.25) is 4.79 Å². The lowest BCUT2D eigenvalue weighted by molar-refractivity contribution is -0.137. The molecule has 0 aliphatic rings. The number of hydrogen-bond donors (Lipinski definition) is 4. The molecule has 0 rings (SSSR count). The first kappa shape index (κ1) is 31.6. The highest BCUT2D eigenvalue weighted by molar-refractivity contribution is 5.75. The van der Waals surface area contributed by atoms with Crippen LogP contribution in [0, 0.1) is 0 Å². The van der Waals surface area contributed by atoms with Crippen LogP contribution in [0.1, 0.15) is 110 Å². The first-order chi connectivity index (χ1) is 12.6. The standard InChI is InChI=1S/C18H36O2.C3H8O3.Al.3H/c1-2-3-4-5-6-7-8-9-10-11-12-13-14-15-16-17-18(19)20;4-1-3(6)2-5;;;;/h2-17H2,1H3,(H,19,20);3-6H,1-2H2;;;;. The van der Waals surface area contributed by atoms with Crippen LogP contribution in [0.25, 0.3) is 0 Å². The maximum Gasteiger partial charge on any atom is 0.303 e. The summed E-state index contributed by atoms with van der Waals surface area (Å²) in [6.07, 6.45) is 19.2. The number of carboxylic acids is 1. The lowest BCUT2D eigenvalue weighted by Gasteiger charge is -2.03. The predicted octanol–water partition coefficient (Wildman–Crippen LogP) is 3.48. The third-order valence-electron chi connectivity index (χ3n) is 4.42. The van der Waals surface area contributed by atoms with Crippen molar-refractivity contribution < 1.29 is 25.2 Å². The van der Waals surface area contributed by atoms with Crippen molar-refractivity contribution in [1.82, 2.24) is 0 Å². The van der Waals surface area contributed by atoms with Crippen molar-refractivity contribution in [2.24, 2.45) is 0 Å². The quantitative estimate of drug-likeness (QED) is 0.206. The van der Waals surface area contributed by atoms with Crippen LogP contribution in [0.5, 0.6) is 0 Å². The summed E-state index contributed by atoms with van der Waals surface area (Å²) >= 11 is 0. The van der Waals surface area contributed by atoms with Gasteiger partial charge in [0.15, 0.2) is 17.4 Å². The zero-order valence-corrected chi connectivity index (χ0v) is 17.0. The molecule has 0 fully saturated rings. The highest BCUT2D eigenvalue weighted by Gasteiger charge is 1.97. The average molecular weight is 407 g/mol. The molecule has 0 radical (unpaired) electrons. The largest absolute Gasteiger partial charge is 0.481 e. The third kappa shape index (κ3) is 33.9. The fraction of sp³-hybridized carbons (Fsp3) is 0.952. The zero-order chi connectivity index (χ0) is 19.9. The summed E-state index contributed by atoms with van der Waals surface area (Å²) in [6, 6.07) is 0. The smallest absolute Gasteiger partial charge is 0.303 e. The van der Waals surface area contributed by atoms with Gasteiger partial charge >= 0.3 is 5.97 Å². The Labute approximate surface area is 177 Å². The summed E-state index contributed by atoms with van der Waals surface area (Å²) in [6.45, 7) is 1.54. The monoisotopic (exact) mass is 406 g/mol. The van der Waals surface area contributed by atoms with Gasteiger partial charge in [0.1, 0.15) is 6.10 Å². The van der Waals surface area contributed by atoms with Gasteiger partial charge in [-0.1, -0.05) is 96.8 Å². The molecule has 0 unspecified atom stereocenters. The van der Waals surface area contributed by atoms with Crippen LogP contribution in [0.3, 0.4) is 0 Å². The minimum atomic E-state index is -0.954. The second kappa shape index (κ2) is 28.1. The molecule has 0 spiro atoms. The van der Waals surface area contributed by atoms with Gasteiger partial charge in [0, 0.05) is 6.42 Å². The molecule has 0 atom stereocenters. The molecular formula is C21H47AlO5. The SMILES string of the molecule is CCCCCCCCCCCCCCCCCC(=O)O.OCC(O)CO.[AlH3]. The molecule has 0 aliphatic heterocycles. The molecule has 6 heteroatoms. The molecule has 0 saturated carbocycles. The Morgan fingerprint density at radius 3 is 1.19 bits per heavy atom. The highest BCUT2D eigenvalue weighted by atomic mass is 27.0. The third-order valence-corrected chi connectivity index (χ3v) is 4.42. The molecule has 0 aromatic carbocycles. The van der Waals surface area contributed by atoms with Crippen molar-refractivity contribution in [3.05, 3.63) is 0 Å². The molecule has 0 aromatic heterocycles. The number of aliphatic carboxylic acids is 1. The Morgan fingerprint density at radius 1 is 0.667 bits per heavy atom. The zero-order valence-electron chi connectivity index (χ0n) is 17.0. The summed E-state index contributed by atoms with van der Waals surface area (Å²) in [5.74, 6) is -0.653. The molecule has 0 aromatic rings. The van der Waals surface area contributed by atoms with Gasteiger partial charge in [-0.2, -0.15) is 0 Å². The molecule has 164 valence electrons. The number of rotatable bonds is 18. The van der Waals surface area contributed by atoms with E-state index in [9.17, 15) is 4.79 Å². The molecule has 4 N–H and O–H groups in total. The van der Waals surface area contributed by atoms with Gasteiger partial charge in [0.25, 0.3) is 0 Å². The topological polar surface area (TPSA) is 98.0 Å². The van der Waals surface area contributed by atoms with Crippen LogP contribution < -0.4 is 0 Å². The van der Waals surface area contributed by atoms with E-state index in [1.165, 1.54) is 83.5 Å². The lowest BCUT2D eigenvalue weighted by Crippen LogP contribution is -2.15. The Balaban J connectivity index is -0.000000709. The minimum absolute atomic E-state index is 0. The van der Waals surface area contributed by atoms with E-state index in [4.69, 9.17) is 20.4 Å². The number of carboxylic acid groups (broad SMARTS) is 1. The van der Waals surface area contributed by atoms with E-state index in [0.717, 1.165) is 12.8 Å². The second-order valence-electron chi connectivity index (χ2n) is 7.11. The van der Waals surface area contributed by atoms with Gasteiger partial charge in [-0.15, -0.1) is 0 Å². The number of hydrogen-bond acceptors (Lipinski definition) is 4. The van der Waals surface area contributed by atoms with E-state index in [1.807, 2.05) is 0 Å². The van der Waals surface area contributed by atoms with Crippen molar-refractivity contribution in [3.63, 3.8) is 0 Å². The number of unbranched alkanes of at least 4 members (excludes halogenated alkanes) is 14. The van der Waals surface area contributed by atoms with E-state index in [2.05, 4.69) is 6.92 Å². The van der Waals surface area contributed by atoms with Gasteiger partial charge < -0.3 is 20.4 Å². The van der Waals surface area contributed by atoms with Crippen LogP contribution in [-0.2, 0) is 4.79 Å². The number of aliphatic hydroxyl groups is 3. The molecule has 0 amide bonds. The van der Waals surface area contributed by atoms with E-state index in [0.29, 0.717) is 6.42 Å². The van der Waals surface area contributed by atoms with E-state index < -0.39 is 12.1 Å². The van der Waals surface area contributed by atoms with Crippen molar-refractivity contribution >= 4 is 23.3 Å². The van der Waals surface area contributed by atoms with Crippen LogP contribution in [0.15, 0.2) is 0 Å². The summed E-state index contributed by atoms with van der Waals surface area (Å²) in [5, 5.41) is 32.5. The van der Waals surface area contributed by atoms with Crippen LogP contribution in [0.4, 0.5) is 0 Å². The molecule has 0 saturated heterocycles. The van der Waals surface area contributed by atoms with Crippen molar-refractivity contribution in [1.29, 1.82) is 0 Å². The van der Waals surface area contributed by atoms with Gasteiger partial charge in [-0.05, 0) is 6.42 Å². The lowest BCUT2D eigenvalue weighted by atomic mass is 10.0. The highest BCUT2D eigenvalue weighted by Crippen LogP contribution is 2.13. The summed E-state index contributed by atoms with van der Waals surface area (Å²) < 4.78 is 0. The molecule has 0 bridgehead atoms.